The Hall–Kier alpha value is -4.47. The molecule has 1 saturated heterocycles. The van der Waals surface area contributed by atoms with Gasteiger partial charge in [0.1, 0.15) is 11.2 Å². The number of amides is 1. The van der Waals surface area contributed by atoms with Crippen LogP contribution in [0.4, 0.5) is 0 Å². The van der Waals surface area contributed by atoms with E-state index in [0.717, 1.165) is 70.6 Å². The average Bonchev–Trinajstić information content (AvgIpc) is 3.75. The molecule has 9 heteroatoms. The number of rotatable bonds is 6. The van der Waals surface area contributed by atoms with Crippen molar-refractivity contribution < 1.29 is 4.79 Å². The van der Waals surface area contributed by atoms with Gasteiger partial charge in [0.05, 0.1) is 45.2 Å². The third-order valence-corrected chi connectivity index (χ3v) is 7.95. The first-order valence-electron chi connectivity index (χ1n) is 12.9. The number of fused-ring (bicyclic) bond motifs is 2. The van der Waals surface area contributed by atoms with E-state index in [1.54, 1.807) is 18.0 Å². The van der Waals surface area contributed by atoms with Crippen LogP contribution in [0.5, 0.6) is 0 Å². The summed E-state index contributed by atoms with van der Waals surface area (Å²) in [5.74, 6) is -0.0330. The van der Waals surface area contributed by atoms with E-state index in [2.05, 4.69) is 66.6 Å². The second-order valence-corrected chi connectivity index (χ2v) is 10.7. The highest BCUT2D eigenvalue weighted by Gasteiger charge is 2.24. The van der Waals surface area contributed by atoms with Gasteiger partial charge in [-0.15, -0.1) is 11.3 Å². The Morgan fingerprint density at radius 1 is 1.00 bits per heavy atom. The first-order valence-corrected chi connectivity index (χ1v) is 13.8. The highest BCUT2D eigenvalue weighted by molar-refractivity contribution is 7.11. The summed E-state index contributed by atoms with van der Waals surface area (Å²) in [6.07, 6.45) is 4.15. The first-order chi connectivity index (χ1) is 19.2. The minimum atomic E-state index is -0.0330. The Balaban J connectivity index is 1.13. The molecular weight excluding hydrogens is 506 g/mol. The van der Waals surface area contributed by atoms with Crippen LogP contribution in [0.15, 0.2) is 84.8 Å². The van der Waals surface area contributed by atoms with Gasteiger partial charge in [-0.1, -0.05) is 54.6 Å². The number of imidazole rings is 1. The van der Waals surface area contributed by atoms with Crippen molar-refractivity contribution in [3.63, 3.8) is 0 Å². The highest BCUT2D eigenvalue weighted by atomic mass is 32.1. The summed E-state index contributed by atoms with van der Waals surface area (Å²) < 4.78 is 0. The molecule has 192 valence electrons. The topological polar surface area (TPSA) is 99.7 Å². The average molecular weight is 532 g/mol. The maximum atomic E-state index is 12.4. The molecule has 0 bridgehead atoms. The fourth-order valence-corrected chi connectivity index (χ4v) is 5.74. The van der Waals surface area contributed by atoms with Gasteiger partial charge >= 0.3 is 0 Å². The number of aromatic amines is 1. The molecule has 3 aromatic carbocycles. The molecule has 1 atom stereocenters. The van der Waals surface area contributed by atoms with Gasteiger partial charge in [-0.05, 0) is 24.1 Å². The van der Waals surface area contributed by atoms with Crippen molar-refractivity contribution in [3.8, 4) is 22.5 Å². The molecule has 1 aliphatic rings. The number of hydrogen-bond donors (Lipinski definition) is 2. The Morgan fingerprint density at radius 2 is 1.82 bits per heavy atom. The smallest absolute Gasteiger partial charge is 0.263 e. The summed E-state index contributed by atoms with van der Waals surface area (Å²) in [5, 5.41) is 3.14. The second-order valence-electron chi connectivity index (χ2n) is 9.81. The number of nitrogens with one attached hydrogen (secondary N) is 2. The van der Waals surface area contributed by atoms with Crippen LogP contribution in [0.25, 0.3) is 44.6 Å². The molecule has 39 heavy (non-hydrogen) atoms. The SMILES string of the molecule is O=C(N[C@@H]1CCN(Cc2ccc(-c3[nH]c4cc5ncnc5cc4nc3-c3ccccc3)cc2)C1)c1cncs1. The van der Waals surface area contributed by atoms with Gasteiger partial charge in [-0.2, -0.15) is 0 Å². The van der Waals surface area contributed by atoms with Crippen LogP contribution >= 0.6 is 11.3 Å². The Bertz CT molecular complexity index is 1760. The van der Waals surface area contributed by atoms with Crippen molar-refractivity contribution in [2.24, 2.45) is 0 Å². The van der Waals surface area contributed by atoms with Gasteiger partial charge in [0.15, 0.2) is 0 Å². The molecule has 2 N–H and O–H groups in total. The van der Waals surface area contributed by atoms with E-state index < -0.39 is 0 Å². The van der Waals surface area contributed by atoms with Gasteiger partial charge in [0.25, 0.3) is 5.91 Å². The second kappa shape index (κ2) is 10.0. The molecule has 3 aromatic heterocycles. The quantitative estimate of drug-likeness (QED) is 0.303. The van der Waals surface area contributed by atoms with Gasteiger partial charge in [0, 0.05) is 36.8 Å². The molecule has 0 radical (unpaired) electrons. The summed E-state index contributed by atoms with van der Waals surface area (Å²) in [6.45, 7) is 2.63. The Morgan fingerprint density at radius 3 is 2.62 bits per heavy atom. The minimum Gasteiger partial charge on any atom is -0.351 e. The number of hydrogen-bond acceptors (Lipinski definition) is 7. The van der Waals surface area contributed by atoms with Crippen molar-refractivity contribution in [1.82, 2.24) is 35.1 Å². The van der Waals surface area contributed by atoms with Gasteiger partial charge in [-0.3, -0.25) is 14.7 Å². The number of carbonyl (C=O) groups excluding carboxylic acids is 1. The monoisotopic (exact) mass is 531 g/mol. The lowest BCUT2D eigenvalue weighted by Gasteiger charge is -2.17. The molecule has 4 heterocycles. The number of thiazole rings is 1. The van der Waals surface area contributed by atoms with E-state index >= 15 is 0 Å². The Kier molecular flexibility index (Phi) is 6.07. The number of nitrogens with zero attached hydrogens (tertiary/aromatic N) is 5. The van der Waals surface area contributed by atoms with Crippen molar-refractivity contribution in [3.05, 3.63) is 95.2 Å². The normalized spacial score (nSPS) is 15.7. The molecule has 6 aromatic rings. The van der Waals surface area contributed by atoms with E-state index in [9.17, 15) is 4.79 Å². The van der Waals surface area contributed by atoms with Gasteiger partial charge < -0.3 is 10.3 Å². The van der Waals surface area contributed by atoms with Gasteiger partial charge in [-0.25, -0.2) is 15.0 Å². The summed E-state index contributed by atoms with van der Waals surface area (Å²) in [6, 6.07) is 23.0. The van der Waals surface area contributed by atoms with E-state index in [0.29, 0.717) is 4.88 Å². The van der Waals surface area contributed by atoms with Crippen molar-refractivity contribution in [2.45, 2.75) is 19.0 Å². The summed E-state index contributed by atoms with van der Waals surface area (Å²) in [7, 11) is 0. The number of benzene rings is 3. The van der Waals surface area contributed by atoms with E-state index in [1.165, 1.54) is 16.9 Å². The molecular formula is C30H25N7OS. The van der Waals surface area contributed by atoms with E-state index in [-0.39, 0.29) is 11.9 Å². The van der Waals surface area contributed by atoms with Crippen LogP contribution in [0, 0.1) is 0 Å². The molecule has 1 amide bonds. The zero-order valence-electron chi connectivity index (χ0n) is 21.0. The molecule has 7 rings (SSSR count). The summed E-state index contributed by atoms with van der Waals surface area (Å²) >= 11 is 1.37. The van der Waals surface area contributed by atoms with Crippen LogP contribution in [0.1, 0.15) is 21.7 Å². The standard InChI is InChI=1S/C30H25N7OS/c38-30(27-14-31-18-39-27)34-22-10-11-37(16-22)15-19-6-8-21(9-7-19)29-28(20-4-2-1-3-5-20)35-25-12-23-24(33-17-32-23)13-26(25)36-29/h1-9,12-14,17-18,22,36H,10-11,15-16H2,(H,34,38)/t22-/m1/s1. The molecule has 8 nitrogen and oxygen atoms in total. The summed E-state index contributed by atoms with van der Waals surface area (Å²) in [4.78, 5) is 36.8. The zero-order valence-corrected chi connectivity index (χ0v) is 21.9. The molecule has 0 unspecified atom stereocenters. The molecule has 0 saturated carbocycles. The minimum absolute atomic E-state index is 0.0330. The third kappa shape index (κ3) is 4.78. The number of carbonyl (C=O) groups is 1. The predicted molar refractivity (Wildman–Crippen MR) is 153 cm³/mol. The third-order valence-electron chi connectivity index (χ3n) is 7.17. The predicted octanol–water partition coefficient (Wildman–Crippen LogP) is 5.30. The van der Waals surface area contributed by atoms with Crippen molar-refractivity contribution >= 4 is 39.3 Å². The highest BCUT2D eigenvalue weighted by Crippen LogP contribution is 2.32. The molecule has 1 fully saturated rings. The van der Waals surface area contributed by atoms with Crippen LogP contribution in [0.3, 0.4) is 0 Å². The molecule has 0 spiro atoms. The number of aromatic nitrogens is 5. The Labute approximate surface area is 228 Å². The maximum absolute atomic E-state index is 12.4. The lowest BCUT2D eigenvalue weighted by Crippen LogP contribution is -2.36. The fourth-order valence-electron chi connectivity index (χ4n) is 5.22. The molecule has 1 aliphatic heterocycles. The lowest BCUT2D eigenvalue weighted by atomic mass is 10.0. The largest absolute Gasteiger partial charge is 0.351 e. The van der Waals surface area contributed by atoms with Crippen molar-refractivity contribution in [1.29, 1.82) is 0 Å². The van der Waals surface area contributed by atoms with Crippen molar-refractivity contribution in [2.75, 3.05) is 13.1 Å². The first kappa shape index (κ1) is 23.6. The van der Waals surface area contributed by atoms with E-state index in [4.69, 9.17) is 4.98 Å². The van der Waals surface area contributed by atoms with Crippen LogP contribution in [0.2, 0.25) is 0 Å². The van der Waals surface area contributed by atoms with E-state index in [1.807, 2.05) is 30.3 Å². The lowest BCUT2D eigenvalue weighted by molar-refractivity contribution is 0.0941. The molecule has 0 aliphatic carbocycles. The van der Waals surface area contributed by atoms with Gasteiger partial charge in [0.2, 0.25) is 0 Å². The zero-order chi connectivity index (χ0) is 26.2. The van der Waals surface area contributed by atoms with Crippen LogP contribution < -0.4 is 5.32 Å². The number of likely N-dealkylation sites (tertiary alicyclic amines) is 1. The summed E-state index contributed by atoms with van der Waals surface area (Å²) in [5.41, 5.74) is 10.4. The van der Waals surface area contributed by atoms with Crippen LogP contribution in [-0.4, -0.2) is 54.9 Å². The number of H-pyrrole nitrogens is 1. The van der Waals surface area contributed by atoms with Crippen LogP contribution in [-0.2, 0) is 6.54 Å². The fraction of sp³-hybridized carbons (Fsp3) is 0.167. The maximum Gasteiger partial charge on any atom is 0.263 e.